The number of carbonyl (C=O) groups excluding carboxylic acids is 4. The monoisotopic (exact) mass is 541 g/mol. The van der Waals surface area contributed by atoms with Crippen LogP contribution in [0.5, 0.6) is 5.75 Å². The zero-order valence-electron chi connectivity index (χ0n) is 20.7. The summed E-state index contributed by atoms with van der Waals surface area (Å²) in [6.07, 6.45) is -9.49. The van der Waals surface area contributed by atoms with Crippen LogP contribution in [-0.4, -0.2) is 67.5 Å². The third-order valence-electron chi connectivity index (χ3n) is 5.38. The summed E-state index contributed by atoms with van der Waals surface area (Å²) in [5, 5.41) is 2.59. The molecule has 14 heteroatoms. The smallest absolute Gasteiger partial charge is 0.336 e. The van der Waals surface area contributed by atoms with E-state index in [-0.39, 0.29) is 11.3 Å². The molecule has 1 aromatic heterocycles. The molecule has 0 unspecified atom stereocenters. The van der Waals surface area contributed by atoms with Gasteiger partial charge in [-0.1, -0.05) is 0 Å². The number of rotatable bonds is 8. The van der Waals surface area contributed by atoms with Gasteiger partial charge in [0, 0.05) is 38.3 Å². The predicted molar refractivity (Wildman–Crippen MR) is 122 cm³/mol. The first-order valence-electron chi connectivity index (χ1n) is 11.3. The summed E-state index contributed by atoms with van der Waals surface area (Å²) < 4.78 is 58.6. The number of ether oxygens (including phenoxy) is 5. The molecule has 38 heavy (non-hydrogen) atoms. The minimum atomic E-state index is -3.46. The van der Waals surface area contributed by atoms with Crippen molar-refractivity contribution in [1.82, 2.24) is 5.32 Å². The summed E-state index contributed by atoms with van der Waals surface area (Å²) in [6, 6.07) is 4.03. The fourth-order valence-corrected chi connectivity index (χ4v) is 3.90. The number of halogens is 2. The second-order valence-electron chi connectivity index (χ2n) is 8.35. The Morgan fingerprint density at radius 3 is 2.26 bits per heavy atom. The average Bonchev–Trinajstić information content (AvgIpc) is 2.80. The Balaban J connectivity index is 2.06. The molecule has 206 valence electrons. The Morgan fingerprint density at radius 1 is 1.00 bits per heavy atom. The number of aryl methyl sites for hydroxylation is 1. The molecule has 1 saturated heterocycles. The first-order chi connectivity index (χ1) is 17.8. The Hall–Kier alpha value is -4.07. The lowest BCUT2D eigenvalue weighted by Crippen LogP contribution is -2.67. The molecule has 2 heterocycles. The van der Waals surface area contributed by atoms with E-state index >= 15 is 0 Å². The van der Waals surface area contributed by atoms with E-state index in [1.807, 2.05) is 5.32 Å². The minimum absolute atomic E-state index is 0.0197. The molecular weight excluding hydrogens is 516 g/mol. The fraction of sp³-hybridized carbons (Fsp3) is 0.458. The SMILES string of the molecule is CC(=O)OC[C@H]1O[C@@H](Oc2ccc3c(C)cc(=O)oc3c2)[C@H](NC(=O)C(F)F)[C@@H](OC(C)=O)[C@@H]1OC(C)=O. The van der Waals surface area contributed by atoms with Crippen molar-refractivity contribution in [3.63, 3.8) is 0 Å². The van der Waals surface area contributed by atoms with Crippen molar-refractivity contribution >= 4 is 34.8 Å². The van der Waals surface area contributed by atoms with E-state index in [2.05, 4.69) is 0 Å². The van der Waals surface area contributed by atoms with E-state index in [0.717, 1.165) is 20.8 Å². The van der Waals surface area contributed by atoms with Crippen LogP contribution in [0.25, 0.3) is 11.0 Å². The fourth-order valence-electron chi connectivity index (χ4n) is 3.90. The lowest BCUT2D eigenvalue weighted by molar-refractivity contribution is -0.257. The number of benzene rings is 1. The van der Waals surface area contributed by atoms with Crippen molar-refractivity contribution in [3.8, 4) is 5.75 Å². The molecule has 1 aromatic carbocycles. The van der Waals surface area contributed by atoms with Crippen molar-refractivity contribution in [1.29, 1.82) is 0 Å². The summed E-state index contributed by atoms with van der Waals surface area (Å²) in [7, 11) is 0. The number of hydrogen-bond donors (Lipinski definition) is 1. The Morgan fingerprint density at radius 2 is 1.66 bits per heavy atom. The molecular formula is C24H25F2NO11. The van der Waals surface area contributed by atoms with Gasteiger partial charge < -0.3 is 33.4 Å². The lowest BCUT2D eigenvalue weighted by Gasteiger charge is -2.44. The second-order valence-corrected chi connectivity index (χ2v) is 8.35. The van der Waals surface area contributed by atoms with Gasteiger partial charge in [0.1, 0.15) is 30.1 Å². The van der Waals surface area contributed by atoms with E-state index in [1.54, 1.807) is 13.0 Å². The van der Waals surface area contributed by atoms with E-state index in [1.165, 1.54) is 18.2 Å². The number of carbonyl (C=O) groups is 4. The van der Waals surface area contributed by atoms with Gasteiger partial charge in [-0.2, -0.15) is 8.78 Å². The number of hydrogen-bond acceptors (Lipinski definition) is 11. The molecule has 1 aliphatic heterocycles. The Kier molecular flexibility index (Phi) is 8.99. The number of amides is 1. The van der Waals surface area contributed by atoms with Crippen LogP contribution in [0.15, 0.2) is 33.5 Å². The van der Waals surface area contributed by atoms with Crippen LogP contribution in [0.3, 0.4) is 0 Å². The van der Waals surface area contributed by atoms with Gasteiger partial charge in [-0.25, -0.2) is 4.79 Å². The highest BCUT2D eigenvalue weighted by atomic mass is 19.3. The van der Waals surface area contributed by atoms with Gasteiger partial charge in [-0.3, -0.25) is 19.2 Å². The topological polar surface area (TPSA) is 157 Å². The molecule has 0 bridgehead atoms. The molecule has 1 N–H and O–H groups in total. The number of esters is 3. The maximum absolute atomic E-state index is 13.2. The first kappa shape index (κ1) is 28.5. The van der Waals surface area contributed by atoms with Crippen molar-refractivity contribution < 1.29 is 56.1 Å². The zero-order valence-corrected chi connectivity index (χ0v) is 20.7. The third kappa shape index (κ3) is 7.03. The highest BCUT2D eigenvalue weighted by molar-refractivity contribution is 5.81. The van der Waals surface area contributed by atoms with Crippen LogP contribution >= 0.6 is 0 Å². The van der Waals surface area contributed by atoms with Gasteiger partial charge in [0.15, 0.2) is 12.2 Å². The largest absolute Gasteiger partial charge is 0.463 e. The molecule has 1 fully saturated rings. The molecule has 3 rings (SSSR count). The quantitative estimate of drug-likeness (QED) is 0.293. The molecule has 1 aliphatic rings. The van der Waals surface area contributed by atoms with Gasteiger partial charge in [0.2, 0.25) is 6.29 Å². The summed E-state index contributed by atoms with van der Waals surface area (Å²) in [5.41, 5.74) is 0.144. The summed E-state index contributed by atoms with van der Waals surface area (Å²) in [6.45, 7) is 4.34. The molecule has 0 aliphatic carbocycles. The van der Waals surface area contributed by atoms with Crippen LogP contribution in [0.1, 0.15) is 26.3 Å². The van der Waals surface area contributed by atoms with Gasteiger partial charge in [0.25, 0.3) is 5.91 Å². The molecule has 1 amide bonds. The Bertz CT molecular complexity index is 1280. The third-order valence-corrected chi connectivity index (χ3v) is 5.38. The van der Waals surface area contributed by atoms with Crippen molar-refractivity contribution in [2.24, 2.45) is 0 Å². The maximum atomic E-state index is 13.2. The summed E-state index contributed by atoms with van der Waals surface area (Å²) in [4.78, 5) is 58.9. The van der Waals surface area contributed by atoms with E-state index in [0.29, 0.717) is 10.9 Å². The van der Waals surface area contributed by atoms with E-state index in [4.69, 9.17) is 28.1 Å². The molecule has 0 spiro atoms. The van der Waals surface area contributed by atoms with Crippen LogP contribution in [0.4, 0.5) is 8.78 Å². The highest BCUT2D eigenvalue weighted by Gasteiger charge is 2.52. The van der Waals surface area contributed by atoms with Gasteiger partial charge in [0.05, 0.1) is 0 Å². The number of alkyl halides is 2. The number of nitrogens with one attached hydrogen (secondary N) is 1. The molecule has 0 saturated carbocycles. The van der Waals surface area contributed by atoms with Crippen LogP contribution < -0.4 is 15.7 Å². The highest BCUT2D eigenvalue weighted by Crippen LogP contribution is 2.30. The second kappa shape index (κ2) is 12.0. The molecule has 5 atom stereocenters. The van der Waals surface area contributed by atoms with E-state index < -0.39 is 73.1 Å². The summed E-state index contributed by atoms with van der Waals surface area (Å²) >= 11 is 0. The minimum Gasteiger partial charge on any atom is -0.463 e. The standard InChI is InChI=1S/C24H25F2NO11/c1-10-7-18(31)37-16-8-14(5-6-15(10)16)36-24-19(27-23(32)22(25)26)21(35-13(4)30)20(34-12(3)29)17(38-24)9-33-11(2)28/h5-8,17,19-22,24H,9H2,1-4H3,(H,27,32)/t17-,19-,20-,21-,24-/m1/s1. The van der Waals surface area contributed by atoms with Crippen LogP contribution in [0.2, 0.25) is 0 Å². The van der Waals surface area contributed by atoms with Gasteiger partial charge >= 0.3 is 30.0 Å². The Labute approximate surface area is 214 Å². The molecule has 12 nitrogen and oxygen atoms in total. The number of fused-ring (bicyclic) bond motifs is 1. The van der Waals surface area contributed by atoms with Crippen LogP contribution in [0, 0.1) is 6.92 Å². The molecule has 2 aromatic rings. The predicted octanol–water partition coefficient (Wildman–Crippen LogP) is 1.38. The van der Waals surface area contributed by atoms with E-state index in [9.17, 15) is 32.8 Å². The van der Waals surface area contributed by atoms with Crippen molar-refractivity contribution in [3.05, 3.63) is 40.2 Å². The zero-order chi connectivity index (χ0) is 28.1. The normalized spacial score (nSPS) is 23.0. The van der Waals surface area contributed by atoms with Crippen molar-refractivity contribution in [2.75, 3.05) is 6.61 Å². The van der Waals surface area contributed by atoms with Crippen molar-refractivity contribution in [2.45, 2.75) is 64.8 Å². The average molecular weight is 541 g/mol. The van der Waals surface area contributed by atoms with Gasteiger partial charge in [-0.05, 0) is 24.6 Å². The first-order valence-corrected chi connectivity index (χ1v) is 11.3. The molecule has 0 radical (unpaired) electrons. The van der Waals surface area contributed by atoms with Gasteiger partial charge in [-0.15, -0.1) is 0 Å². The lowest BCUT2D eigenvalue weighted by atomic mass is 9.96. The summed E-state index contributed by atoms with van der Waals surface area (Å²) in [5.74, 6) is -4.21. The van der Waals surface area contributed by atoms with Crippen LogP contribution in [-0.2, 0) is 38.1 Å². The maximum Gasteiger partial charge on any atom is 0.336 e.